The molecule has 0 radical (unpaired) electrons. The van der Waals surface area contributed by atoms with E-state index < -0.39 is 46.5 Å². The Hall–Kier alpha value is -4.92. The number of aromatic nitrogens is 4. The number of carbonyl (C=O) groups is 4. The number of rotatable bonds is 10. The minimum Gasteiger partial charge on any atom is -0.478 e. The number of nitrogens with one attached hydrogen (secondary N) is 1. The fourth-order valence-electron chi connectivity index (χ4n) is 3.90. The Labute approximate surface area is 245 Å². The molecule has 0 aliphatic carbocycles. The van der Waals surface area contributed by atoms with Gasteiger partial charge in [-0.25, -0.2) is 14.6 Å². The number of aliphatic carboxylic acids is 2. The summed E-state index contributed by atoms with van der Waals surface area (Å²) in [6.45, 7) is 2.47. The number of carbonyl (C=O) groups excluding carboxylic acids is 2. The van der Waals surface area contributed by atoms with Crippen molar-refractivity contribution in [3.05, 3.63) is 23.3 Å². The third-order valence-electron chi connectivity index (χ3n) is 6.16. The van der Waals surface area contributed by atoms with Gasteiger partial charge in [0, 0.05) is 22.9 Å². The molecule has 1 saturated heterocycles. The lowest BCUT2D eigenvalue weighted by molar-refractivity contribution is -0.765. The van der Waals surface area contributed by atoms with Crippen LogP contribution in [-0.4, -0.2) is 87.3 Å². The number of amides is 2. The van der Waals surface area contributed by atoms with Crippen LogP contribution in [0.1, 0.15) is 19.7 Å². The minimum atomic E-state index is -1.81. The number of β-lactam (4-membered cyclic amide) rings is 1. The molecule has 2 aromatic heterocycles. The van der Waals surface area contributed by atoms with E-state index in [4.69, 9.17) is 27.8 Å². The number of fused-ring (bicyclic) bond motifs is 1. The first-order valence-corrected chi connectivity index (χ1v) is 13.7. The Kier molecular flexibility index (Phi) is 7.98. The Bertz CT molecular complexity index is 1570. The molecule has 0 spiro atoms. The minimum absolute atomic E-state index is 0.00348. The normalized spacial score (nSPS) is 18.7. The molecule has 4 heterocycles. The van der Waals surface area contributed by atoms with Gasteiger partial charge in [0.1, 0.15) is 17.1 Å². The van der Waals surface area contributed by atoms with Crippen LogP contribution in [0.5, 0.6) is 0 Å². The van der Waals surface area contributed by atoms with Gasteiger partial charge in [-0.2, -0.15) is 9.36 Å². The van der Waals surface area contributed by atoms with Gasteiger partial charge < -0.3 is 43.3 Å². The Balaban J connectivity index is 1.57. The van der Waals surface area contributed by atoms with Crippen molar-refractivity contribution in [3.8, 4) is 0 Å². The maximum Gasteiger partial charge on any atom is 0.352 e. The lowest BCUT2D eigenvalue weighted by Gasteiger charge is -2.49. The van der Waals surface area contributed by atoms with Crippen molar-refractivity contribution in [2.45, 2.75) is 37.4 Å². The van der Waals surface area contributed by atoms with Gasteiger partial charge in [-0.15, -0.1) is 21.1 Å². The molecule has 224 valence electrons. The number of oxime groups is 1. The van der Waals surface area contributed by atoms with E-state index in [9.17, 15) is 29.4 Å². The van der Waals surface area contributed by atoms with Gasteiger partial charge in [-0.3, -0.25) is 14.5 Å². The molecule has 0 aromatic carbocycles. The first-order chi connectivity index (χ1) is 19.6. The molecule has 0 saturated carbocycles. The average molecular weight is 624 g/mol. The fraction of sp³-hybridized carbons (Fsp3) is 0.381. The number of carboxylic acid groups (broad SMARTS) is 2. The molecule has 42 heavy (non-hydrogen) atoms. The molecular weight excluding hydrogens is 596 g/mol. The molecule has 2 amide bonds. The molecule has 0 unspecified atom stereocenters. The summed E-state index contributed by atoms with van der Waals surface area (Å²) < 4.78 is 7.03. The second-order valence-corrected chi connectivity index (χ2v) is 11.4. The second kappa shape index (κ2) is 11.2. The van der Waals surface area contributed by atoms with Crippen LogP contribution in [0.4, 0.5) is 16.6 Å². The summed E-state index contributed by atoms with van der Waals surface area (Å²) in [7, 11) is 1.63. The monoisotopic (exact) mass is 623 g/mol. The molecule has 2 aliphatic heterocycles. The first kappa shape index (κ1) is 30.0. The standard InChI is InChI=1S/C21H26N12O7S2/c1-21(2,18(38)39)40-29-9(13-28-20(25)42-30-13)14(34)27-10-15(35)33-11(17(36)37)7(6-41-16(10)33)4-32-5-8(26-19(23)24)12(22)31(32)3/h5,10,16,22H,4,6H2,1-3H3,(H9,23,24,25,26,27,28,30,34,36,37,38,39)/p+1/b29-9-/t10-,16-/m1/s1. The molecule has 4 rings (SSSR count). The first-order valence-electron chi connectivity index (χ1n) is 11.9. The van der Waals surface area contributed by atoms with Crippen LogP contribution in [0.2, 0.25) is 0 Å². The zero-order valence-electron chi connectivity index (χ0n) is 22.3. The lowest BCUT2D eigenvalue weighted by atomic mass is 10.0. The molecule has 2 aliphatic rings. The van der Waals surface area contributed by atoms with Gasteiger partial charge in [0.2, 0.25) is 23.3 Å². The van der Waals surface area contributed by atoms with Crippen LogP contribution in [0, 0.1) is 0 Å². The largest absolute Gasteiger partial charge is 0.478 e. The smallest absolute Gasteiger partial charge is 0.352 e. The van der Waals surface area contributed by atoms with Gasteiger partial charge in [0.15, 0.2) is 29.1 Å². The SMILES string of the molecule is Cn1c(N)c(N=C(N)N)c[n+]1CC1=C(C(=O)O)N2C(=O)[C@@H](NC(=O)/C(=N\OC(C)(C)C(=O)O)c3nsc(N)n3)[C@H]2SC1. The quantitative estimate of drug-likeness (QED) is 0.0464. The Morgan fingerprint density at radius 1 is 1.29 bits per heavy atom. The summed E-state index contributed by atoms with van der Waals surface area (Å²) in [6.07, 6.45) is 1.53. The Morgan fingerprint density at radius 2 is 1.98 bits per heavy atom. The highest BCUT2D eigenvalue weighted by atomic mass is 32.2. The van der Waals surface area contributed by atoms with Gasteiger partial charge >= 0.3 is 11.9 Å². The van der Waals surface area contributed by atoms with E-state index in [1.54, 1.807) is 11.7 Å². The molecule has 2 aromatic rings. The van der Waals surface area contributed by atoms with Crippen molar-refractivity contribution in [2.24, 2.45) is 28.7 Å². The third kappa shape index (κ3) is 5.63. The van der Waals surface area contributed by atoms with Crippen LogP contribution in [0.3, 0.4) is 0 Å². The summed E-state index contributed by atoms with van der Waals surface area (Å²) in [5.41, 5.74) is 20.7. The van der Waals surface area contributed by atoms with E-state index in [1.807, 2.05) is 0 Å². The number of hydrogen-bond donors (Lipinski definition) is 7. The highest BCUT2D eigenvalue weighted by molar-refractivity contribution is 8.00. The predicted octanol–water partition coefficient (Wildman–Crippen LogP) is -2.74. The van der Waals surface area contributed by atoms with Crippen molar-refractivity contribution in [1.82, 2.24) is 24.3 Å². The van der Waals surface area contributed by atoms with Gasteiger partial charge in [0.25, 0.3) is 11.8 Å². The molecule has 1 fully saturated rings. The highest BCUT2D eigenvalue weighted by Crippen LogP contribution is 2.40. The van der Waals surface area contributed by atoms with Crippen LogP contribution in [0.25, 0.3) is 0 Å². The van der Waals surface area contributed by atoms with E-state index >= 15 is 0 Å². The fourth-order valence-corrected chi connectivity index (χ4v) is 5.67. The Morgan fingerprint density at radius 3 is 2.55 bits per heavy atom. The van der Waals surface area contributed by atoms with Gasteiger partial charge in [0.05, 0.1) is 7.05 Å². The number of nitrogens with zero attached hydrogens (tertiary/aromatic N) is 7. The zero-order chi connectivity index (χ0) is 31.1. The number of thioether (sulfide) groups is 1. The summed E-state index contributed by atoms with van der Waals surface area (Å²) in [4.78, 5) is 64.1. The number of hydrogen-bond acceptors (Lipinski definition) is 13. The summed E-state index contributed by atoms with van der Waals surface area (Å²) in [5, 5.41) is 24.7. The number of nitrogen functional groups attached to an aromatic ring is 2. The number of aliphatic imine (C=N–C) groups is 1. The zero-order valence-corrected chi connectivity index (χ0v) is 24.0. The van der Waals surface area contributed by atoms with Crippen LogP contribution in [0.15, 0.2) is 27.6 Å². The predicted molar refractivity (Wildman–Crippen MR) is 149 cm³/mol. The van der Waals surface area contributed by atoms with Crippen molar-refractivity contribution >= 4 is 75.4 Å². The number of carboxylic acids is 2. The van der Waals surface area contributed by atoms with Crippen molar-refractivity contribution in [3.63, 3.8) is 0 Å². The van der Waals surface area contributed by atoms with Gasteiger partial charge in [-0.05, 0) is 13.8 Å². The lowest BCUT2D eigenvalue weighted by Crippen LogP contribution is -2.71. The molecule has 19 nitrogen and oxygen atoms in total. The molecular formula is C21H27N12O7S2+. The topological polar surface area (TPSA) is 297 Å². The molecule has 2 atom stereocenters. The van der Waals surface area contributed by atoms with E-state index in [0.29, 0.717) is 5.57 Å². The number of guanidine groups is 1. The van der Waals surface area contributed by atoms with Crippen molar-refractivity contribution in [1.29, 1.82) is 0 Å². The number of nitrogens with two attached hydrogens (primary N) is 4. The van der Waals surface area contributed by atoms with Gasteiger partial charge in [-0.1, -0.05) is 5.16 Å². The summed E-state index contributed by atoms with van der Waals surface area (Å²) >= 11 is 1.99. The van der Waals surface area contributed by atoms with Crippen molar-refractivity contribution in [2.75, 3.05) is 17.2 Å². The van der Waals surface area contributed by atoms with Crippen molar-refractivity contribution < 1.29 is 38.9 Å². The van der Waals surface area contributed by atoms with E-state index in [2.05, 4.69) is 24.8 Å². The van der Waals surface area contributed by atoms with E-state index in [0.717, 1.165) is 16.4 Å². The van der Waals surface area contributed by atoms with E-state index in [-0.39, 0.29) is 46.4 Å². The van der Waals surface area contributed by atoms with Crippen LogP contribution in [-0.2, 0) is 37.6 Å². The van der Waals surface area contributed by atoms with E-state index in [1.165, 1.54) is 36.5 Å². The second-order valence-electron chi connectivity index (χ2n) is 9.48. The third-order valence-corrected chi connectivity index (χ3v) is 8.04. The maximum absolute atomic E-state index is 13.2. The summed E-state index contributed by atoms with van der Waals surface area (Å²) in [6, 6.07) is -1.14. The maximum atomic E-state index is 13.2. The summed E-state index contributed by atoms with van der Waals surface area (Å²) in [5.74, 6) is -4.37. The van der Waals surface area contributed by atoms with Crippen LogP contribution < -0.4 is 32.9 Å². The molecule has 11 N–H and O–H groups in total. The molecule has 21 heteroatoms. The number of anilines is 2. The van der Waals surface area contributed by atoms with Crippen LogP contribution >= 0.6 is 23.3 Å². The molecule has 0 bridgehead atoms. The highest BCUT2D eigenvalue weighted by Gasteiger charge is 2.55. The average Bonchev–Trinajstić information content (AvgIpc) is 3.44.